The first-order chi connectivity index (χ1) is 9.74. The lowest BCUT2D eigenvalue weighted by Gasteiger charge is -2.25. The minimum atomic E-state index is -0.996. The largest absolute Gasteiger partial charge is 0.477 e. The minimum absolute atomic E-state index is 0.0835. The van der Waals surface area contributed by atoms with Gasteiger partial charge in [0.15, 0.2) is 5.69 Å². The summed E-state index contributed by atoms with van der Waals surface area (Å²) in [6.07, 6.45) is 2.08. The Balaban J connectivity index is 2.00. The Morgan fingerprint density at radius 2 is 2.05 bits per heavy atom. The number of aromatic nitrogens is 1. The summed E-state index contributed by atoms with van der Waals surface area (Å²) in [4.78, 5) is 15.4. The van der Waals surface area contributed by atoms with Crippen LogP contribution in [0.4, 0.5) is 5.69 Å². The molecule has 2 heterocycles. The van der Waals surface area contributed by atoms with Crippen LogP contribution in [0.5, 0.6) is 0 Å². The van der Waals surface area contributed by atoms with Gasteiger partial charge < -0.3 is 15.7 Å². The summed E-state index contributed by atoms with van der Waals surface area (Å²) in [6, 6.07) is 9.64. The van der Waals surface area contributed by atoms with Crippen molar-refractivity contribution in [2.45, 2.75) is 18.9 Å². The number of nitrogens with zero attached hydrogens (tertiary/aromatic N) is 1. The Morgan fingerprint density at radius 1 is 1.30 bits per heavy atom. The van der Waals surface area contributed by atoms with Crippen molar-refractivity contribution in [3.8, 4) is 0 Å². The van der Waals surface area contributed by atoms with Gasteiger partial charge in [-0.2, -0.15) is 0 Å². The molecular weight excluding hydrogens is 254 g/mol. The second-order valence-corrected chi connectivity index (χ2v) is 5.05. The molecule has 0 unspecified atom stereocenters. The van der Waals surface area contributed by atoms with Gasteiger partial charge >= 0.3 is 5.97 Å². The quantitative estimate of drug-likeness (QED) is 0.797. The molecule has 0 bridgehead atoms. The minimum Gasteiger partial charge on any atom is -0.477 e. The van der Waals surface area contributed by atoms with Crippen LogP contribution in [0.2, 0.25) is 0 Å². The van der Waals surface area contributed by atoms with Crippen LogP contribution in [-0.2, 0) is 0 Å². The fourth-order valence-corrected chi connectivity index (χ4v) is 2.59. The maximum atomic E-state index is 11.2. The van der Waals surface area contributed by atoms with E-state index in [-0.39, 0.29) is 5.69 Å². The summed E-state index contributed by atoms with van der Waals surface area (Å²) in [7, 11) is 0. The highest BCUT2D eigenvalue weighted by Gasteiger charge is 2.16. The molecule has 0 spiro atoms. The van der Waals surface area contributed by atoms with Crippen molar-refractivity contribution in [1.82, 2.24) is 10.3 Å². The highest BCUT2D eigenvalue weighted by atomic mass is 16.4. The Hall–Kier alpha value is -2.14. The van der Waals surface area contributed by atoms with Gasteiger partial charge in [0.05, 0.1) is 5.52 Å². The fraction of sp³-hybridized carbons (Fsp3) is 0.333. The van der Waals surface area contributed by atoms with Gasteiger partial charge in [-0.25, -0.2) is 9.78 Å². The van der Waals surface area contributed by atoms with Crippen molar-refractivity contribution >= 4 is 22.6 Å². The Bertz CT molecular complexity index is 636. The van der Waals surface area contributed by atoms with E-state index in [1.54, 1.807) is 6.07 Å². The second kappa shape index (κ2) is 5.46. The lowest BCUT2D eigenvalue weighted by Crippen LogP contribution is -2.35. The van der Waals surface area contributed by atoms with Crippen LogP contribution in [0, 0.1) is 0 Å². The van der Waals surface area contributed by atoms with Gasteiger partial charge in [0.2, 0.25) is 0 Å². The monoisotopic (exact) mass is 271 g/mol. The predicted molar refractivity (Wildman–Crippen MR) is 78.2 cm³/mol. The molecule has 3 rings (SSSR count). The molecule has 104 valence electrons. The van der Waals surface area contributed by atoms with Crippen molar-refractivity contribution in [3.63, 3.8) is 0 Å². The van der Waals surface area contributed by atoms with Crippen LogP contribution in [0.25, 0.3) is 10.9 Å². The number of para-hydroxylation sites is 1. The molecule has 1 saturated heterocycles. The molecule has 5 heteroatoms. The smallest absolute Gasteiger partial charge is 0.354 e. The highest BCUT2D eigenvalue weighted by molar-refractivity contribution is 5.97. The standard InChI is InChI=1S/C15H17N3O2/c19-15(20)14-9-13(17-10-5-7-16-8-6-10)11-3-1-2-4-12(11)18-14/h1-4,9-10,16H,5-8H2,(H,17,18)(H,19,20). The molecule has 0 aliphatic carbocycles. The first kappa shape index (κ1) is 12.9. The number of nitrogens with one attached hydrogen (secondary N) is 2. The van der Waals surface area contributed by atoms with Gasteiger partial charge in [-0.15, -0.1) is 0 Å². The fourth-order valence-electron chi connectivity index (χ4n) is 2.59. The summed E-state index contributed by atoms with van der Waals surface area (Å²) in [6.45, 7) is 1.99. The van der Waals surface area contributed by atoms with Crippen molar-refractivity contribution < 1.29 is 9.90 Å². The summed E-state index contributed by atoms with van der Waals surface area (Å²) in [5.41, 5.74) is 1.66. The van der Waals surface area contributed by atoms with E-state index < -0.39 is 5.97 Å². The van der Waals surface area contributed by atoms with Crippen molar-refractivity contribution in [2.24, 2.45) is 0 Å². The van der Waals surface area contributed by atoms with E-state index >= 15 is 0 Å². The average molecular weight is 271 g/mol. The number of carboxylic acids is 1. The van der Waals surface area contributed by atoms with Gasteiger partial charge in [-0.3, -0.25) is 0 Å². The van der Waals surface area contributed by atoms with E-state index in [0.29, 0.717) is 11.6 Å². The number of pyridine rings is 1. The van der Waals surface area contributed by atoms with Crippen molar-refractivity contribution in [2.75, 3.05) is 18.4 Å². The van der Waals surface area contributed by atoms with E-state index in [2.05, 4.69) is 15.6 Å². The summed E-state index contributed by atoms with van der Waals surface area (Å²) < 4.78 is 0. The maximum Gasteiger partial charge on any atom is 0.354 e. The van der Waals surface area contributed by atoms with E-state index in [0.717, 1.165) is 37.0 Å². The SMILES string of the molecule is O=C(O)c1cc(NC2CCNCC2)c2ccccc2n1. The molecule has 20 heavy (non-hydrogen) atoms. The van der Waals surface area contributed by atoms with E-state index in [4.69, 9.17) is 0 Å². The zero-order chi connectivity index (χ0) is 13.9. The molecule has 0 saturated carbocycles. The first-order valence-electron chi connectivity index (χ1n) is 6.84. The number of fused-ring (bicyclic) bond motifs is 1. The number of hydrogen-bond acceptors (Lipinski definition) is 4. The van der Waals surface area contributed by atoms with Crippen LogP contribution >= 0.6 is 0 Å². The number of hydrogen-bond donors (Lipinski definition) is 3. The number of benzene rings is 1. The lowest BCUT2D eigenvalue weighted by molar-refractivity contribution is 0.0691. The van der Waals surface area contributed by atoms with Crippen LogP contribution < -0.4 is 10.6 Å². The second-order valence-electron chi connectivity index (χ2n) is 5.05. The molecule has 3 N–H and O–H groups in total. The Kier molecular flexibility index (Phi) is 3.52. The first-order valence-corrected chi connectivity index (χ1v) is 6.84. The molecule has 5 nitrogen and oxygen atoms in total. The molecule has 1 aliphatic rings. The molecular formula is C15H17N3O2. The van der Waals surface area contributed by atoms with Gasteiger partial charge in [0.25, 0.3) is 0 Å². The Morgan fingerprint density at radius 3 is 2.80 bits per heavy atom. The number of rotatable bonds is 3. The number of anilines is 1. The molecule has 0 atom stereocenters. The van der Waals surface area contributed by atoms with E-state index in [1.807, 2.05) is 24.3 Å². The van der Waals surface area contributed by atoms with E-state index in [1.165, 1.54) is 0 Å². The summed E-state index contributed by atoms with van der Waals surface area (Å²) >= 11 is 0. The molecule has 0 amide bonds. The topological polar surface area (TPSA) is 74.2 Å². The van der Waals surface area contributed by atoms with Gasteiger partial charge in [0, 0.05) is 17.1 Å². The zero-order valence-electron chi connectivity index (χ0n) is 11.1. The molecule has 0 radical (unpaired) electrons. The Labute approximate surface area is 117 Å². The number of carboxylic acid groups (broad SMARTS) is 1. The zero-order valence-corrected chi connectivity index (χ0v) is 11.1. The third kappa shape index (κ3) is 2.58. The predicted octanol–water partition coefficient (Wildman–Crippen LogP) is 2.10. The van der Waals surface area contributed by atoms with Crippen LogP contribution in [0.3, 0.4) is 0 Å². The van der Waals surface area contributed by atoms with Crippen LogP contribution in [-0.4, -0.2) is 35.2 Å². The maximum absolute atomic E-state index is 11.2. The molecule has 1 aromatic heterocycles. The van der Waals surface area contributed by atoms with Gasteiger partial charge in [-0.05, 0) is 38.1 Å². The van der Waals surface area contributed by atoms with E-state index in [9.17, 15) is 9.90 Å². The molecule has 1 aromatic carbocycles. The third-order valence-electron chi connectivity index (χ3n) is 3.63. The average Bonchev–Trinajstić information content (AvgIpc) is 2.48. The third-order valence-corrected chi connectivity index (χ3v) is 3.63. The highest BCUT2D eigenvalue weighted by Crippen LogP contribution is 2.25. The van der Waals surface area contributed by atoms with Gasteiger partial charge in [-0.1, -0.05) is 18.2 Å². The van der Waals surface area contributed by atoms with Crippen LogP contribution in [0.1, 0.15) is 23.3 Å². The molecule has 1 aliphatic heterocycles. The van der Waals surface area contributed by atoms with Crippen LogP contribution in [0.15, 0.2) is 30.3 Å². The summed E-state index contributed by atoms with van der Waals surface area (Å²) in [5.74, 6) is -0.996. The number of carbonyl (C=O) groups is 1. The number of aromatic carboxylic acids is 1. The lowest BCUT2D eigenvalue weighted by atomic mass is 10.1. The van der Waals surface area contributed by atoms with Crippen molar-refractivity contribution in [3.05, 3.63) is 36.0 Å². The number of piperidine rings is 1. The summed E-state index contributed by atoms with van der Waals surface area (Å²) in [5, 5.41) is 16.9. The van der Waals surface area contributed by atoms with Crippen molar-refractivity contribution in [1.29, 1.82) is 0 Å². The molecule has 2 aromatic rings. The molecule has 1 fully saturated rings. The normalized spacial score (nSPS) is 16.2. The van der Waals surface area contributed by atoms with Gasteiger partial charge in [0.1, 0.15) is 0 Å².